The highest BCUT2D eigenvalue weighted by Gasteiger charge is 2.29. The highest BCUT2D eigenvalue weighted by Crippen LogP contribution is 2.26. The minimum Gasteiger partial charge on any atom is -0.336 e. The number of hydrogen-bond donors (Lipinski definition) is 0. The molecule has 0 bridgehead atoms. The Hall–Kier alpha value is -2.93. The van der Waals surface area contributed by atoms with Gasteiger partial charge < -0.3 is 4.90 Å². The lowest BCUT2D eigenvalue weighted by Gasteiger charge is -2.31. The van der Waals surface area contributed by atoms with Gasteiger partial charge in [0.2, 0.25) is 5.91 Å². The number of fused-ring (bicyclic) bond motifs is 4. The minimum atomic E-state index is -0.593. The maximum absolute atomic E-state index is 13.4. The third kappa shape index (κ3) is 2.80. The highest BCUT2D eigenvalue weighted by molar-refractivity contribution is 7.17. The lowest BCUT2D eigenvalue weighted by atomic mass is 9.99. The van der Waals surface area contributed by atoms with Crippen molar-refractivity contribution in [2.24, 2.45) is 0 Å². The fourth-order valence-electron chi connectivity index (χ4n) is 4.35. The minimum absolute atomic E-state index is 0.0336. The molecule has 1 amide bonds. The average molecular weight is 407 g/mol. The second-order valence-electron chi connectivity index (χ2n) is 7.53. The maximum atomic E-state index is 13.4. The normalized spacial score (nSPS) is 15.0. The monoisotopic (exact) mass is 406 g/mol. The molecule has 0 aliphatic carbocycles. The maximum Gasteiger partial charge on any atom is 0.291 e. The van der Waals surface area contributed by atoms with E-state index in [1.807, 2.05) is 52.8 Å². The molecule has 1 atom stereocenters. The van der Waals surface area contributed by atoms with Crippen LogP contribution in [0.1, 0.15) is 36.3 Å². The van der Waals surface area contributed by atoms with Gasteiger partial charge in [0.1, 0.15) is 17.4 Å². The van der Waals surface area contributed by atoms with Gasteiger partial charge in [0.15, 0.2) is 0 Å². The van der Waals surface area contributed by atoms with E-state index >= 15 is 0 Å². The molecular weight excluding hydrogens is 384 g/mol. The molecule has 1 aliphatic rings. The number of carbonyl (C=O) groups is 1. The van der Waals surface area contributed by atoms with E-state index in [0.717, 1.165) is 16.6 Å². The van der Waals surface area contributed by atoms with E-state index in [4.69, 9.17) is 0 Å². The van der Waals surface area contributed by atoms with E-state index in [2.05, 4.69) is 17.2 Å². The first-order valence-electron chi connectivity index (χ1n) is 9.92. The molecule has 0 N–H and O–H groups in total. The van der Waals surface area contributed by atoms with E-state index in [1.165, 1.54) is 15.8 Å². The zero-order chi connectivity index (χ0) is 20.1. The van der Waals surface area contributed by atoms with Crippen LogP contribution in [0.5, 0.6) is 0 Å². The molecule has 4 heterocycles. The summed E-state index contributed by atoms with van der Waals surface area (Å²) in [5.74, 6) is 0.678. The predicted molar refractivity (Wildman–Crippen MR) is 114 cm³/mol. The van der Waals surface area contributed by atoms with Crippen LogP contribution in [0.15, 0.2) is 46.6 Å². The topological polar surface area (TPSA) is 59.6 Å². The van der Waals surface area contributed by atoms with Crippen molar-refractivity contribution in [2.45, 2.75) is 39.3 Å². The molecule has 5 rings (SSSR count). The van der Waals surface area contributed by atoms with Crippen molar-refractivity contribution in [1.82, 2.24) is 19.1 Å². The van der Waals surface area contributed by atoms with Crippen LogP contribution >= 0.6 is 11.3 Å². The van der Waals surface area contributed by atoms with E-state index in [-0.39, 0.29) is 11.5 Å². The van der Waals surface area contributed by atoms with Gasteiger partial charge in [-0.15, -0.1) is 11.3 Å². The second kappa shape index (κ2) is 6.84. The molecule has 29 heavy (non-hydrogen) atoms. The van der Waals surface area contributed by atoms with Crippen molar-refractivity contribution in [3.63, 3.8) is 0 Å². The van der Waals surface area contributed by atoms with Gasteiger partial charge in [-0.25, -0.2) is 4.68 Å². The number of carbonyl (C=O) groups excluding carboxylic acids is 1. The van der Waals surface area contributed by atoms with Gasteiger partial charge in [0, 0.05) is 13.1 Å². The first-order chi connectivity index (χ1) is 14.1. The van der Waals surface area contributed by atoms with Gasteiger partial charge in [0.05, 0.1) is 10.2 Å². The third-order valence-corrected chi connectivity index (χ3v) is 6.69. The first kappa shape index (κ1) is 18.1. The van der Waals surface area contributed by atoms with Crippen LogP contribution in [0.3, 0.4) is 0 Å². The van der Waals surface area contributed by atoms with Crippen molar-refractivity contribution in [1.29, 1.82) is 0 Å². The number of nitrogens with zero attached hydrogens (tertiary/aromatic N) is 4. The SMILES string of the molecule is CCC(C(=O)N1CCc2ccccc2C1)n1nc(C)n2c(cc3sccc32)c1=O. The number of thiophene rings is 1. The molecule has 1 aliphatic heterocycles. The molecule has 4 aromatic rings. The van der Waals surface area contributed by atoms with E-state index in [0.29, 0.717) is 30.9 Å². The Morgan fingerprint density at radius 1 is 1.21 bits per heavy atom. The van der Waals surface area contributed by atoms with Gasteiger partial charge >= 0.3 is 0 Å². The summed E-state index contributed by atoms with van der Waals surface area (Å²) in [7, 11) is 0. The van der Waals surface area contributed by atoms with Gasteiger partial charge in [0.25, 0.3) is 5.56 Å². The summed E-state index contributed by atoms with van der Waals surface area (Å²) in [5.41, 5.74) is 3.84. The van der Waals surface area contributed by atoms with Gasteiger partial charge in [-0.1, -0.05) is 31.2 Å². The van der Waals surface area contributed by atoms with E-state index < -0.39 is 6.04 Å². The molecule has 148 valence electrons. The first-order valence-corrected chi connectivity index (χ1v) is 10.8. The fourth-order valence-corrected chi connectivity index (χ4v) is 5.16. The molecule has 1 unspecified atom stereocenters. The summed E-state index contributed by atoms with van der Waals surface area (Å²) in [6.45, 7) is 5.07. The van der Waals surface area contributed by atoms with Crippen LogP contribution in [-0.2, 0) is 17.8 Å². The van der Waals surface area contributed by atoms with E-state index in [1.54, 1.807) is 11.3 Å². The van der Waals surface area contributed by atoms with Gasteiger partial charge in [-0.05, 0) is 48.4 Å². The van der Waals surface area contributed by atoms with Gasteiger partial charge in [-0.3, -0.25) is 14.0 Å². The fraction of sp³-hybridized carbons (Fsp3) is 0.318. The Morgan fingerprint density at radius 3 is 2.79 bits per heavy atom. The largest absolute Gasteiger partial charge is 0.336 e. The summed E-state index contributed by atoms with van der Waals surface area (Å²) < 4.78 is 4.34. The quantitative estimate of drug-likeness (QED) is 0.523. The molecule has 0 spiro atoms. The zero-order valence-corrected chi connectivity index (χ0v) is 17.3. The molecule has 3 aromatic heterocycles. The van der Waals surface area contributed by atoms with Crippen molar-refractivity contribution < 1.29 is 4.79 Å². The summed E-state index contributed by atoms with van der Waals surface area (Å²) in [5, 5.41) is 6.57. The van der Waals surface area contributed by atoms with Crippen LogP contribution in [0, 0.1) is 6.92 Å². The summed E-state index contributed by atoms with van der Waals surface area (Å²) in [4.78, 5) is 28.5. The van der Waals surface area contributed by atoms with E-state index in [9.17, 15) is 9.59 Å². The molecule has 6 nitrogen and oxygen atoms in total. The average Bonchev–Trinajstić information content (AvgIpc) is 3.33. The van der Waals surface area contributed by atoms with Crippen LogP contribution < -0.4 is 5.56 Å². The number of rotatable bonds is 3. The molecule has 1 aromatic carbocycles. The van der Waals surface area contributed by atoms with Crippen molar-refractivity contribution in [2.75, 3.05) is 6.54 Å². The van der Waals surface area contributed by atoms with Crippen molar-refractivity contribution in [3.05, 3.63) is 69.1 Å². The Morgan fingerprint density at radius 2 is 2.00 bits per heavy atom. The molecule has 7 heteroatoms. The lowest BCUT2D eigenvalue weighted by Crippen LogP contribution is -2.43. The summed E-state index contributed by atoms with van der Waals surface area (Å²) in [6, 6.07) is 11.5. The van der Waals surface area contributed by atoms with Gasteiger partial charge in [-0.2, -0.15) is 5.10 Å². The number of hydrogen-bond acceptors (Lipinski definition) is 4. The van der Waals surface area contributed by atoms with Crippen molar-refractivity contribution >= 4 is 33.0 Å². The summed E-state index contributed by atoms with van der Waals surface area (Å²) in [6.07, 6.45) is 1.36. The molecule has 0 saturated heterocycles. The lowest BCUT2D eigenvalue weighted by molar-refractivity contribution is -0.136. The molecule has 0 fully saturated rings. The zero-order valence-electron chi connectivity index (χ0n) is 16.5. The Balaban J connectivity index is 1.55. The van der Waals surface area contributed by atoms with Crippen LogP contribution in [0.4, 0.5) is 0 Å². The number of amides is 1. The third-order valence-electron chi connectivity index (χ3n) is 5.84. The number of aromatic nitrogens is 3. The molecule has 0 saturated carbocycles. The number of benzene rings is 1. The van der Waals surface area contributed by atoms with Crippen molar-refractivity contribution in [3.8, 4) is 0 Å². The molecule has 0 radical (unpaired) electrons. The Kier molecular flexibility index (Phi) is 4.28. The highest BCUT2D eigenvalue weighted by atomic mass is 32.1. The number of aryl methyl sites for hydroxylation is 1. The molecular formula is C22H22N4O2S. The smallest absolute Gasteiger partial charge is 0.291 e. The summed E-state index contributed by atoms with van der Waals surface area (Å²) >= 11 is 1.60. The van der Waals surface area contributed by atoms with Crippen LogP contribution in [0.25, 0.3) is 15.7 Å². The predicted octanol–water partition coefficient (Wildman–Crippen LogP) is 3.56. The van der Waals surface area contributed by atoms with Crippen LogP contribution in [0.2, 0.25) is 0 Å². The van der Waals surface area contributed by atoms with Crippen LogP contribution in [-0.4, -0.2) is 31.5 Å². The Labute approximate surface area is 172 Å². The second-order valence-corrected chi connectivity index (χ2v) is 8.48. The standard InChI is InChI=1S/C22H22N4O2S/c1-3-17(21(27)24-10-8-15-6-4-5-7-16(15)13-24)26-22(28)19-12-20-18(9-11-29-20)25(19)14(2)23-26/h4-7,9,11-12,17H,3,8,10,13H2,1-2H3. The Bertz CT molecular complexity index is 1300.